The van der Waals surface area contributed by atoms with Gasteiger partial charge in [-0.25, -0.2) is 9.37 Å². The van der Waals surface area contributed by atoms with Crippen molar-refractivity contribution in [3.63, 3.8) is 0 Å². The molecule has 8 nitrogen and oxygen atoms in total. The number of aromatic nitrogens is 3. The minimum absolute atomic E-state index is 0.0314. The van der Waals surface area contributed by atoms with E-state index in [2.05, 4.69) is 4.98 Å². The molecule has 0 spiro atoms. The summed E-state index contributed by atoms with van der Waals surface area (Å²) in [5, 5.41) is 1.96. The van der Waals surface area contributed by atoms with E-state index in [1.54, 1.807) is 26.4 Å². The smallest absolute Gasteiger partial charge is 0.259 e. The molecular formula is C33H23FN4O4. The van der Waals surface area contributed by atoms with Crippen molar-refractivity contribution < 1.29 is 18.7 Å². The van der Waals surface area contributed by atoms with Crippen molar-refractivity contribution in [2.75, 3.05) is 26.3 Å². The van der Waals surface area contributed by atoms with Gasteiger partial charge in [0.1, 0.15) is 16.8 Å². The first-order valence-electron chi connectivity index (χ1n) is 13.7. The molecule has 2 aliphatic heterocycles. The minimum Gasteiger partial charge on any atom is -0.451 e. The van der Waals surface area contributed by atoms with Crippen LogP contribution in [0.4, 0.5) is 4.39 Å². The Balaban J connectivity index is 1.44. The summed E-state index contributed by atoms with van der Waals surface area (Å²) < 4.78 is 31.6. The Hall–Kier alpha value is -5.28. The molecule has 1 amide bonds. The lowest BCUT2D eigenvalue weighted by molar-refractivity contribution is 0.0302. The number of carbonyl (C=O) groups excluding carboxylic acids is 1. The zero-order chi connectivity index (χ0) is 28.4. The standard InChI is InChI=1S/C33H23FN4O4/c34-25-16-23-29-32(30(25)38-19-35-17-27(38)20-6-2-1-3-7-20)42-28-15-22-9-5-4-8-21(22)14-26(28)37(29)18-24(31(23)39)33(40)36-10-12-41-13-11-36/h1-9,14-19H,10-13H2. The highest BCUT2D eigenvalue weighted by molar-refractivity contribution is 6.01. The van der Waals surface area contributed by atoms with Gasteiger partial charge in [-0.15, -0.1) is 0 Å². The van der Waals surface area contributed by atoms with Crippen LogP contribution in [0.1, 0.15) is 10.4 Å². The van der Waals surface area contributed by atoms with Crippen LogP contribution in [-0.4, -0.2) is 51.2 Å². The number of imidazole rings is 1. The highest BCUT2D eigenvalue weighted by Gasteiger charge is 2.31. The maximum atomic E-state index is 16.3. The van der Waals surface area contributed by atoms with Gasteiger partial charge >= 0.3 is 0 Å². The van der Waals surface area contributed by atoms with E-state index in [9.17, 15) is 9.59 Å². The second kappa shape index (κ2) is 9.39. The molecule has 1 fully saturated rings. The van der Waals surface area contributed by atoms with E-state index in [-0.39, 0.29) is 22.4 Å². The van der Waals surface area contributed by atoms with Crippen LogP contribution in [0.5, 0.6) is 11.5 Å². The van der Waals surface area contributed by atoms with Gasteiger partial charge < -0.3 is 18.9 Å². The molecule has 4 aromatic carbocycles. The third kappa shape index (κ3) is 3.67. The molecule has 0 saturated carbocycles. The Morgan fingerprint density at radius 2 is 1.64 bits per heavy atom. The van der Waals surface area contributed by atoms with Crippen molar-refractivity contribution in [1.82, 2.24) is 19.0 Å². The van der Waals surface area contributed by atoms with Crippen molar-refractivity contribution in [2.45, 2.75) is 0 Å². The van der Waals surface area contributed by atoms with E-state index in [1.807, 2.05) is 66.7 Å². The van der Waals surface area contributed by atoms with Crippen molar-refractivity contribution in [3.8, 4) is 34.1 Å². The number of ether oxygens (including phenoxy) is 2. The van der Waals surface area contributed by atoms with Gasteiger partial charge in [-0.3, -0.25) is 14.2 Å². The van der Waals surface area contributed by atoms with Crippen LogP contribution in [0.2, 0.25) is 0 Å². The van der Waals surface area contributed by atoms with Gasteiger partial charge in [0.2, 0.25) is 5.43 Å². The number of pyridine rings is 1. The average molecular weight is 559 g/mol. The second-order valence-corrected chi connectivity index (χ2v) is 10.4. The van der Waals surface area contributed by atoms with Crippen LogP contribution in [0, 0.1) is 5.82 Å². The van der Waals surface area contributed by atoms with E-state index >= 15 is 4.39 Å². The lowest BCUT2D eigenvalue weighted by Gasteiger charge is -2.29. The molecule has 2 aliphatic rings. The van der Waals surface area contributed by atoms with Crippen LogP contribution in [0.3, 0.4) is 0 Å². The van der Waals surface area contributed by atoms with Crippen molar-refractivity contribution in [3.05, 3.63) is 113 Å². The molecule has 9 heteroatoms. The number of carbonyl (C=O) groups is 1. The Bertz CT molecular complexity index is 2110. The second-order valence-electron chi connectivity index (χ2n) is 10.4. The predicted molar refractivity (Wildman–Crippen MR) is 156 cm³/mol. The number of benzene rings is 4. The zero-order valence-electron chi connectivity index (χ0n) is 22.3. The van der Waals surface area contributed by atoms with Crippen molar-refractivity contribution >= 4 is 27.6 Å². The molecule has 206 valence electrons. The van der Waals surface area contributed by atoms with Crippen LogP contribution in [0.25, 0.3) is 44.3 Å². The average Bonchev–Trinajstić information content (AvgIpc) is 3.51. The summed E-state index contributed by atoms with van der Waals surface area (Å²) in [5.74, 6) is -0.430. The number of morpholine rings is 1. The molecule has 0 bridgehead atoms. The maximum Gasteiger partial charge on any atom is 0.259 e. The van der Waals surface area contributed by atoms with E-state index < -0.39 is 17.2 Å². The molecule has 0 atom stereocenters. The zero-order valence-corrected chi connectivity index (χ0v) is 22.3. The number of fused-ring (bicyclic) bond motifs is 3. The molecule has 42 heavy (non-hydrogen) atoms. The number of rotatable bonds is 3. The predicted octanol–water partition coefficient (Wildman–Crippen LogP) is 5.71. The summed E-state index contributed by atoms with van der Waals surface area (Å²) in [5.41, 5.74) is 2.07. The van der Waals surface area contributed by atoms with E-state index in [0.717, 1.165) is 16.3 Å². The summed E-state index contributed by atoms with van der Waals surface area (Å²) in [4.78, 5) is 33.4. The molecule has 4 heterocycles. The van der Waals surface area contributed by atoms with Crippen molar-refractivity contribution in [1.29, 1.82) is 0 Å². The summed E-state index contributed by atoms with van der Waals surface area (Å²) in [6, 6.07) is 22.4. The molecule has 0 N–H and O–H groups in total. The van der Waals surface area contributed by atoms with Gasteiger partial charge in [0.15, 0.2) is 17.3 Å². The van der Waals surface area contributed by atoms with Crippen molar-refractivity contribution in [2.24, 2.45) is 0 Å². The molecule has 2 aromatic heterocycles. The molecule has 6 aromatic rings. The van der Waals surface area contributed by atoms with Crippen LogP contribution < -0.4 is 10.2 Å². The largest absolute Gasteiger partial charge is 0.451 e. The number of hydrogen-bond acceptors (Lipinski definition) is 5. The first kappa shape index (κ1) is 24.5. The quantitative estimate of drug-likeness (QED) is 0.278. The highest BCUT2D eigenvalue weighted by Crippen LogP contribution is 2.46. The fraction of sp³-hybridized carbons (Fsp3) is 0.121. The van der Waals surface area contributed by atoms with E-state index in [1.165, 1.54) is 12.4 Å². The van der Waals surface area contributed by atoms with E-state index in [4.69, 9.17) is 9.47 Å². The summed E-state index contributed by atoms with van der Waals surface area (Å²) >= 11 is 0. The molecular weight excluding hydrogens is 535 g/mol. The molecule has 0 radical (unpaired) electrons. The number of hydrogen-bond donors (Lipinski definition) is 0. The van der Waals surface area contributed by atoms with Crippen LogP contribution in [0.15, 0.2) is 96.3 Å². The molecule has 1 saturated heterocycles. The van der Waals surface area contributed by atoms with Gasteiger partial charge in [0.25, 0.3) is 5.91 Å². The first-order valence-corrected chi connectivity index (χ1v) is 13.7. The summed E-state index contributed by atoms with van der Waals surface area (Å²) in [6.07, 6.45) is 4.75. The van der Waals surface area contributed by atoms with Crippen LogP contribution in [-0.2, 0) is 4.74 Å². The summed E-state index contributed by atoms with van der Waals surface area (Å²) in [6.45, 7) is 1.55. The van der Waals surface area contributed by atoms with Gasteiger partial charge in [0, 0.05) is 24.8 Å². The Kier molecular flexibility index (Phi) is 5.48. The lowest BCUT2D eigenvalue weighted by Crippen LogP contribution is -2.42. The molecule has 0 aliphatic carbocycles. The normalized spacial score (nSPS) is 14.2. The summed E-state index contributed by atoms with van der Waals surface area (Å²) in [7, 11) is 0. The Morgan fingerprint density at radius 1 is 0.905 bits per heavy atom. The van der Waals surface area contributed by atoms with Gasteiger partial charge in [-0.1, -0.05) is 54.6 Å². The van der Waals surface area contributed by atoms with Gasteiger partial charge in [-0.05, 0) is 29.0 Å². The number of halogens is 1. The third-order valence-electron chi connectivity index (χ3n) is 7.95. The monoisotopic (exact) mass is 558 g/mol. The van der Waals surface area contributed by atoms with Crippen LogP contribution >= 0.6 is 0 Å². The third-order valence-corrected chi connectivity index (χ3v) is 7.95. The Morgan fingerprint density at radius 3 is 2.43 bits per heavy atom. The fourth-order valence-corrected chi connectivity index (χ4v) is 5.90. The topological polar surface area (TPSA) is 78.6 Å². The van der Waals surface area contributed by atoms with Gasteiger partial charge in [-0.2, -0.15) is 0 Å². The fourth-order valence-electron chi connectivity index (χ4n) is 5.90. The Labute approximate surface area is 238 Å². The molecule has 0 unspecified atom stereocenters. The number of nitrogens with zero attached hydrogens (tertiary/aromatic N) is 4. The van der Waals surface area contributed by atoms with E-state index in [0.29, 0.717) is 49.0 Å². The SMILES string of the molecule is O=C(c1cn2c3c(c(-n4cncc4-c4ccccc4)c(F)cc3c1=O)Oc1cc3ccccc3cc1-2)N1CCOCC1. The maximum absolute atomic E-state index is 16.3. The lowest BCUT2D eigenvalue weighted by atomic mass is 10.0. The highest BCUT2D eigenvalue weighted by atomic mass is 19.1. The first-order chi connectivity index (χ1) is 20.6. The van der Waals surface area contributed by atoms with Gasteiger partial charge in [0.05, 0.1) is 42.5 Å². The molecule has 8 rings (SSSR count). The number of amides is 1. The minimum atomic E-state index is -0.670.